The first-order valence-corrected chi connectivity index (χ1v) is 6.22. The molecule has 2 amide bonds. The van der Waals surface area contributed by atoms with Crippen LogP contribution in [0.4, 0.5) is 10.6 Å². The van der Waals surface area contributed by atoms with Crippen molar-refractivity contribution in [2.75, 3.05) is 18.4 Å². The summed E-state index contributed by atoms with van der Waals surface area (Å²) in [5.74, 6) is -0.0953. The van der Waals surface area contributed by atoms with Crippen LogP contribution in [0.25, 0.3) is 0 Å². The number of anilines is 1. The van der Waals surface area contributed by atoms with Crippen molar-refractivity contribution in [2.24, 2.45) is 5.92 Å². The lowest BCUT2D eigenvalue weighted by molar-refractivity contribution is -0.141. The third-order valence-corrected chi connectivity index (χ3v) is 3.16. The van der Waals surface area contributed by atoms with Crippen LogP contribution >= 0.6 is 0 Å². The van der Waals surface area contributed by atoms with Crippen LogP contribution in [-0.2, 0) is 4.79 Å². The molecule has 1 aromatic rings. The molecule has 19 heavy (non-hydrogen) atoms. The van der Waals surface area contributed by atoms with E-state index in [-0.39, 0.29) is 18.5 Å². The number of hydrogen-bond donors (Lipinski definition) is 2. The highest BCUT2D eigenvalue weighted by Crippen LogP contribution is 2.20. The number of urea groups is 1. The first-order chi connectivity index (χ1) is 8.97. The predicted octanol–water partition coefficient (Wildman–Crippen LogP) is 1.74. The molecule has 0 aromatic carbocycles. The summed E-state index contributed by atoms with van der Waals surface area (Å²) in [6.45, 7) is 4.60. The van der Waals surface area contributed by atoms with Crippen molar-refractivity contribution < 1.29 is 19.2 Å². The van der Waals surface area contributed by atoms with E-state index in [2.05, 4.69) is 10.5 Å². The van der Waals surface area contributed by atoms with Gasteiger partial charge in [-0.05, 0) is 6.42 Å². The molecule has 0 aliphatic carbocycles. The van der Waals surface area contributed by atoms with Gasteiger partial charge in [0.25, 0.3) is 0 Å². The van der Waals surface area contributed by atoms with Crippen molar-refractivity contribution in [3.63, 3.8) is 0 Å². The van der Waals surface area contributed by atoms with Crippen LogP contribution in [0.3, 0.4) is 0 Å². The molecule has 0 bridgehead atoms. The quantitative estimate of drug-likeness (QED) is 0.869. The number of nitrogens with one attached hydrogen (secondary N) is 1. The molecule has 1 saturated heterocycles. The Morgan fingerprint density at radius 2 is 2.32 bits per heavy atom. The first kappa shape index (κ1) is 13.4. The van der Waals surface area contributed by atoms with E-state index >= 15 is 0 Å². The number of aromatic nitrogens is 1. The smallest absolute Gasteiger partial charge is 0.323 e. The van der Waals surface area contributed by atoms with Gasteiger partial charge in [-0.25, -0.2) is 4.79 Å². The molecular formula is C12H17N3O4. The average Bonchev–Trinajstić information content (AvgIpc) is 2.96. The number of aliphatic carboxylic acids is 1. The number of nitrogens with zero attached hydrogens (tertiary/aromatic N) is 2. The first-order valence-electron chi connectivity index (χ1n) is 6.22. The number of likely N-dealkylation sites (tertiary alicyclic amines) is 1. The van der Waals surface area contributed by atoms with E-state index in [0.29, 0.717) is 24.5 Å². The minimum absolute atomic E-state index is 0.196. The Morgan fingerprint density at radius 3 is 2.84 bits per heavy atom. The summed E-state index contributed by atoms with van der Waals surface area (Å²) in [5.41, 5.74) is 0. The van der Waals surface area contributed by atoms with Gasteiger partial charge in [-0.1, -0.05) is 19.0 Å². The normalized spacial score (nSPS) is 18.9. The summed E-state index contributed by atoms with van der Waals surface area (Å²) >= 11 is 0. The largest absolute Gasteiger partial charge is 0.481 e. The zero-order valence-electron chi connectivity index (χ0n) is 10.9. The number of carboxylic acid groups (broad SMARTS) is 1. The van der Waals surface area contributed by atoms with Gasteiger partial charge in [0, 0.05) is 25.1 Å². The standard InChI is InChI=1S/C12H17N3O4/c1-7(2)9-5-10(14-19-9)13-12(18)15-4-3-8(6-15)11(16)17/h5,7-8H,3-4,6H2,1-2H3,(H,16,17)(H,13,14,18). The summed E-state index contributed by atoms with van der Waals surface area (Å²) in [6, 6.07) is 1.33. The van der Waals surface area contributed by atoms with Gasteiger partial charge in [0.15, 0.2) is 5.82 Å². The number of rotatable bonds is 3. The molecule has 7 heteroatoms. The third kappa shape index (κ3) is 3.04. The van der Waals surface area contributed by atoms with E-state index in [1.165, 1.54) is 4.90 Å². The topological polar surface area (TPSA) is 95.7 Å². The molecule has 1 aliphatic heterocycles. The summed E-state index contributed by atoms with van der Waals surface area (Å²) < 4.78 is 5.07. The molecule has 0 spiro atoms. The number of amides is 2. The second-order valence-electron chi connectivity index (χ2n) is 4.97. The summed E-state index contributed by atoms with van der Waals surface area (Å²) in [4.78, 5) is 24.2. The van der Waals surface area contributed by atoms with Crippen LogP contribution in [0.1, 0.15) is 31.9 Å². The second kappa shape index (κ2) is 5.29. The SMILES string of the molecule is CC(C)c1cc(NC(=O)N2CCC(C(=O)O)C2)no1. The van der Waals surface area contributed by atoms with Crippen molar-refractivity contribution in [3.8, 4) is 0 Å². The molecule has 1 aromatic heterocycles. The number of carbonyl (C=O) groups excluding carboxylic acids is 1. The van der Waals surface area contributed by atoms with E-state index < -0.39 is 11.9 Å². The Kier molecular flexibility index (Phi) is 3.73. The van der Waals surface area contributed by atoms with Crippen molar-refractivity contribution in [1.82, 2.24) is 10.1 Å². The van der Waals surface area contributed by atoms with Crippen molar-refractivity contribution in [3.05, 3.63) is 11.8 Å². The molecule has 104 valence electrons. The van der Waals surface area contributed by atoms with Crippen molar-refractivity contribution in [2.45, 2.75) is 26.2 Å². The molecule has 1 fully saturated rings. The fourth-order valence-corrected chi connectivity index (χ4v) is 1.96. The maximum Gasteiger partial charge on any atom is 0.323 e. The van der Waals surface area contributed by atoms with Crippen LogP contribution in [0.15, 0.2) is 10.6 Å². The molecule has 2 rings (SSSR count). The Morgan fingerprint density at radius 1 is 1.58 bits per heavy atom. The molecule has 2 heterocycles. The van der Waals surface area contributed by atoms with Gasteiger partial charge >= 0.3 is 12.0 Å². The maximum absolute atomic E-state index is 11.9. The molecule has 0 saturated carbocycles. The predicted molar refractivity (Wildman–Crippen MR) is 66.9 cm³/mol. The highest BCUT2D eigenvalue weighted by atomic mass is 16.5. The molecule has 7 nitrogen and oxygen atoms in total. The van der Waals surface area contributed by atoms with E-state index in [1.807, 2.05) is 13.8 Å². The fraction of sp³-hybridized carbons (Fsp3) is 0.583. The van der Waals surface area contributed by atoms with E-state index in [0.717, 1.165) is 0 Å². The zero-order valence-corrected chi connectivity index (χ0v) is 10.9. The number of carboxylic acids is 1. The monoisotopic (exact) mass is 267 g/mol. The summed E-state index contributed by atoms with van der Waals surface area (Å²) in [5, 5.41) is 15.2. The second-order valence-corrected chi connectivity index (χ2v) is 4.97. The Bertz CT molecular complexity index is 483. The molecule has 1 aliphatic rings. The van der Waals surface area contributed by atoms with Crippen molar-refractivity contribution in [1.29, 1.82) is 0 Å². The maximum atomic E-state index is 11.9. The third-order valence-electron chi connectivity index (χ3n) is 3.16. The molecule has 0 radical (unpaired) electrons. The van der Waals surface area contributed by atoms with Gasteiger partial charge in [-0.3, -0.25) is 10.1 Å². The van der Waals surface area contributed by atoms with E-state index in [4.69, 9.17) is 9.63 Å². The molecule has 2 N–H and O–H groups in total. The summed E-state index contributed by atoms with van der Waals surface area (Å²) in [6.07, 6.45) is 0.485. The van der Waals surface area contributed by atoms with E-state index in [9.17, 15) is 9.59 Å². The Balaban J connectivity index is 1.92. The van der Waals surface area contributed by atoms with Gasteiger partial charge in [0.1, 0.15) is 5.76 Å². The molecule has 1 unspecified atom stereocenters. The minimum atomic E-state index is -0.862. The fourth-order valence-electron chi connectivity index (χ4n) is 1.96. The lowest BCUT2D eigenvalue weighted by Gasteiger charge is -2.15. The van der Waals surface area contributed by atoms with Crippen LogP contribution < -0.4 is 5.32 Å². The Labute approximate surface area is 110 Å². The van der Waals surface area contributed by atoms with Gasteiger partial charge in [0.2, 0.25) is 0 Å². The van der Waals surface area contributed by atoms with Gasteiger partial charge in [0.05, 0.1) is 5.92 Å². The molecule has 1 atom stereocenters. The van der Waals surface area contributed by atoms with Crippen LogP contribution in [-0.4, -0.2) is 40.3 Å². The van der Waals surface area contributed by atoms with Gasteiger partial charge in [-0.2, -0.15) is 0 Å². The minimum Gasteiger partial charge on any atom is -0.481 e. The average molecular weight is 267 g/mol. The van der Waals surface area contributed by atoms with Gasteiger partial charge in [-0.15, -0.1) is 0 Å². The van der Waals surface area contributed by atoms with Gasteiger partial charge < -0.3 is 14.5 Å². The zero-order chi connectivity index (χ0) is 14.0. The van der Waals surface area contributed by atoms with E-state index in [1.54, 1.807) is 6.07 Å². The van der Waals surface area contributed by atoms with Crippen LogP contribution in [0.5, 0.6) is 0 Å². The number of hydrogen-bond acceptors (Lipinski definition) is 4. The lowest BCUT2D eigenvalue weighted by atomic mass is 10.1. The number of carbonyl (C=O) groups is 2. The molecular weight excluding hydrogens is 250 g/mol. The van der Waals surface area contributed by atoms with Crippen LogP contribution in [0.2, 0.25) is 0 Å². The highest BCUT2D eigenvalue weighted by molar-refractivity contribution is 5.89. The van der Waals surface area contributed by atoms with Crippen LogP contribution in [0, 0.1) is 5.92 Å². The Hall–Kier alpha value is -2.05. The lowest BCUT2D eigenvalue weighted by Crippen LogP contribution is -2.33. The van der Waals surface area contributed by atoms with Crippen molar-refractivity contribution >= 4 is 17.8 Å². The highest BCUT2D eigenvalue weighted by Gasteiger charge is 2.31. The summed E-state index contributed by atoms with van der Waals surface area (Å²) in [7, 11) is 0.